The summed E-state index contributed by atoms with van der Waals surface area (Å²) in [5.74, 6) is 1.52. The molecule has 2 rings (SSSR count). The van der Waals surface area contributed by atoms with Crippen LogP contribution in [0.5, 0.6) is 0 Å². The van der Waals surface area contributed by atoms with Crippen molar-refractivity contribution in [3.05, 3.63) is 0 Å². The molecule has 1 heterocycles. The molecule has 0 bridgehead atoms. The fourth-order valence-corrected chi connectivity index (χ4v) is 5.23. The standard InChI is InChI=1S/C14H27NO2S/c1-2-14(12-7-4-3-5-8-12)15-13-9-6-10-18(16,17)11-13/h12-15H,2-11H2,1H3. The first-order chi connectivity index (χ1) is 8.61. The van der Waals surface area contributed by atoms with Gasteiger partial charge in [-0.1, -0.05) is 26.2 Å². The molecule has 4 heteroatoms. The molecule has 3 nitrogen and oxygen atoms in total. The summed E-state index contributed by atoms with van der Waals surface area (Å²) in [6.45, 7) is 2.23. The summed E-state index contributed by atoms with van der Waals surface area (Å²) in [6, 6.07) is 0.735. The Hall–Kier alpha value is -0.0900. The van der Waals surface area contributed by atoms with Crippen molar-refractivity contribution in [3.63, 3.8) is 0 Å². The van der Waals surface area contributed by atoms with Crippen molar-refractivity contribution >= 4 is 9.84 Å². The van der Waals surface area contributed by atoms with Gasteiger partial charge in [0, 0.05) is 12.1 Å². The summed E-state index contributed by atoms with van der Waals surface area (Å²) in [6.07, 6.45) is 9.73. The topological polar surface area (TPSA) is 46.2 Å². The van der Waals surface area contributed by atoms with E-state index < -0.39 is 9.84 Å². The van der Waals surface area contributed by atoms with E-state index in [-0.39, 0.29) is 6.04 Å². The van der Waals surface area contributed by atoms with Crippen LogP contribution in [-0.2, 0) is 9.84 Å². The maximum absolute atomic E-state index is 11.7. The van der Waals surface area contributed by atoms with Crippen LogP contribution in [0.3, 0.4) is 0 Å². The molecule has 1 saturated heterocycles. The van der Waals surface area contributed by atoms with Crippen molar-refractivity contribution in [1.82, 2.24) is 5.32 Å². The van der Waals surface area contributed by atoms with Gasteiger partial charge in [0.2, 0.25) is 0 Å². The van der Waals surface area contributed by atoms with E-state index in [0.717, 1.165) is 25.2 Å². The van der Waals surface area contributed by atoms with Gasteiger partial charge in [0.25, 0.3) is 0 Å². The van der Waals surface area contributed by atoms with Crippen LogP contribution in [0.25, 0.3) is 0 Å². The van der Waals surface area contributed by atoms with Crippen molar-refractivity contribution in [2.24, 2.45) is 5.92 Å². The zero-order valence-electron chi connectivity index (χ0n) is 11.5. The van der Waals surface area contributed by atoms with Gasteiger partial charge < -0.3 is 5.32 Å². The predicted molar refractivity (Wildman–Crippen MR) is 75.5 cm³/mol. The zero-order chi connectivity index (χ0) is 13.0. The Morgan fingerprint density at radius 3 is 2.44 bits per heavy atom. The summed E-state index contributed by atoms with van der Waals surface area (Å²) in [5, 5.41) is 3.65. The van der Waals surface area contributed by atoms with Crippen molar-refractivity contribution < 1.29 is 8.42 Å². The minimum atomic E-state index is -2.78. The van der Waals surface area contributed by atoms with Gasteiger partial charge in [0.1, 0.15) is 0 Å². The molecular formula is C14H27NO2S. The lowest BCUT2D eigenvalue weighted by Gasteiger charge is -2.34. The summed E-state index contributed by atoms with van der Waals surface area (Å²) < 4.78 is 23.3. The molecule has 1 aliphatic heterocycles. The highest BCUT2D eigenvalue weighted by molar-refractivity contribution is 7.91. The van der Waals surface area contributed by atoms with E-state index in [9.17, 15) is 8.42 Å². The van der Waals surface area contributed by atoms with Crippen LogP contribution >= 0.6 is 0 Å². The number of sulfone groups is 1. The number of rotatable bonds is 4. The quantitative estimate of drug-likeness (QED) is 0.856. The van der Waals surface area contributed by atoms with Crippen molar-refractivity contribution in [2.75, 3.05) is 11.5 Å². The minimum absolute atomic E-state index is 0.204. The smallest absolute Gasteiger partial charge is 0.151 e. The van der Waals surface area contributed by atoms with Gasteiger partial charge in [0.05, 0.1) is 11.5 Å². The van der Waals surface area contributed by atoms with Crippen molar-refractivity contribution in [3.8, 4) is 0 Å². The first-order valence-electron chi connectivity index (χ1n) is 7.57. The van der Waals surface area contributed by atoms with Crippen LogP contribution < -0.4 is 5.32 Å². The molecular weight excluding hydrogens is 246 g/mol. The molecule has 1 N–H and O–H groups in total. The lowest BCUT2D eigenvalue weighted by Crippen LogP contribution is -2.48. The molecule has 18 heavy (non-hydrogen) atoms. The lowest BCUT2D eigenvalue weighted by molar-refractivity contribution is 0.244. The lowest BCUT2D eigenvalue weighted by atomic mass is 9.82. The number of hydrogen-bond donors (Lipinski definition) is 1. The Bertz CT molecular complexity index is 347. The van der Waals surface area contributed by atoms with E-state index in [4.69, 9.17) is 0 Å². The molecule has 2 unspecified atom stereocenters. The molecule has 2 aliphatic rings. The Balaban J connectivity index is 1.89. The first-order valence-corrected chi connectivity index (χ1v) is 9.39. The van der Waals surface area contributed by atoms with Crippen LogP contribution in [0, 0.1) is 5.92 Å². The Morgan fingerprint density at radius 1 is 1.11 bits per heavy atom. The molecule has 1 aliphatic carbocycles. The molecule has 0 amide bonds. The molecule has 2 atom stereocenters. The second kappa shape index (κ2) is 6.38. The van der Waals surface area contributed by atoms with Gasteiger partial charge >= 0.3 is 0 Å². The minimum Gasteiger partial charge on any atom is -0.310 e. The van der Waals surface area contributed by atoms with Crippen molar-refractivity contribution in [2.45, 2.75) is 70.4 Å². The Morgan fingerprint density at radius 2 is 1.83 bits per heavy atom. The monoisotopic (exact) mass is 273 g/mol. The third-order valence-electron chi connectivity index (χ3n) is 4.57. The fraction of sp³-hybridized carbons (Fsp3) is 1.00. The van der Waals surface area contributed by atoms with E-state index in [1.165, 1.54) is 32.1 Å². The van der Waals surface area contributed by atoms with E-state index in [2.05, 4.69) is 12.2 Å². The van der Waals surface area contributed by atoms with Gasteiger partial charge in [-0.2, -0.15) is 0 Å². The van der Waals surface area contributed by atoms with Crippen LogP contribution in [-0.4, -0.2) is 32.0 Å². The van der Waals surface area contributed by atoms with Crippen LogP contribution in [0.1, 0.15) is 58.3 Å². The predicted octanol–water partition coefficient (Wildman–Crippen LogP) is 2.51. The third-order valence-corrected chi connectivity index (χ3v) is 6.39. The third kappa shape index (κ3) is 3.95. The van der Waals surface area contributed by atoms with Gasteiger partial charge in [-0.15, -0.1) is 0 Å². The van der Waals surface area contributed by atoms with E-state index >= 15 is 0 Å². The summed E-state index contributed by atoms with van der Waals surface area (Å²) in [5.41, 5.74) is 0. The maximum Gasteiger partial charge on any atom is 0.151 e. The molecule has 1 saturated carbocycles. The molecule has 0 aromatic carbocycles. The van der Waals surface area contributed by atoms with Gasteiger partial charge in [-0.25, -0.2) is 8.42 Å². The second-order valence-corrected chi connectivity index (χ2v) is 8.26. The van der Waals surface area contributed by atoms with Crippen LogP contribution in [0.2, 0.25) is 0 Å². The molecule has 2 fully saturated rings. The normalized spacial score (nSPS) is 31.1. The molecule has 106 valence electrons. The number of hydrogen-bond acceptors (Lipinski definition) is 3. The van der Waals surface area contributed by atoms with Gasteiger partial charge in [-0.3, -0.25) is 0 Å². The summed E-state index contributed by atoms with van der Waals surface area (Å²) >= 11 is 0. The largest absolute Gasteiger partial charge is 0.310 e. The zero-order valence-corrected chi connectivity index (χ0v) is 12.3. The molecule has 0 aromatic heterocycles. The Labute approximate surface area is 112 Å². The highest BCUT2D eigenvalue weighted by Gasteiger charge is 2.29. The van der Waals surface area contributed by atoms with E-state index in [1.54, 1.807) is 0 Å². The van der Waals surface area contributed by atoms with Crippen LogP contribution in [0.15, 0.2) is 0 Å². The van der Waals surface area contributed by atoms with Gasteiger partial charge in [-0.05, 0) is 38.0 Å². The van der Waals surface area contributed by atoms with Crippen LogP contribution in [0.4, 0.5) is 0 Å². The second-order valence-electron chi connectivity index (χ2n) is 6.03. The summed E-state index contributed by atoms with van der Waals surface area (Å²) in [4.78, 5) is 0. The highest BCUT2D eigenvalue weighted by atomic mass is 32.2. The average molecular weight is 273 g/mol. The highest BCUT2D eigenvalue weighted by Crippen LogP contribution is 2.28. The number of nitrogens with one attached hydrogen (secondary N) is 1. The van der Waals surface area contributed by atoms with E-state index in [1.807, 2.05) is 0 Å². The van der Waals surface area contributed by atoms with E-state index in [0.29, 0.717) is 17.5 Å². The Kier molecular flexibility index (Phi) is 5.07. The van der Waals surface area contributed by atoms with Crippen molar-refractivity contribution in [1.29, 1.82) is 0 Å². The van der Waals surface area contributed by atoms with Gasteiger partial charge in [0.15, 0.2) is 9.84 Å². The molecule has 0 aromatic rings. The summed E-state index contributed by atoms with van der Waals surface area (Å²) in [7, 11) is -2.78. The fourth-order valence-electron chi connectivity index (χ4n) is 3.58. The SMILES string of the molecule is CCC(NC1CCCS(=O)(=O)C1)C1CCCCC1. The average Bonchev–Trinajstić information content (AvgIpc) is 2.36. The first kappa shape index (κ1) is 14.3. The molecule has 0 radical (unpaired) electrons. The molecule has 0 spiro atoms. The maximum atomic E-state index is 11.7.